The zero-order valence-electron chi connectivity index (χ0n) is 22.2. The molecule has 1 amide bonds. The molecule has 6 rings (SSSR count). The molecule has 0 saturated carbocycles. The lowest BCUT2D eigenvalue weighted by atomic mass is 9.75. The summed E-state index contributed by atoms with van der Waals surface area (Å²) < 4.78 is 50.1. The van der Waals surface area contributed by atoms with Gasteiger partial charge < -0.3 is 19.1 Å². The summed E-state index contributed by atoms with van der Waals surface area (Å²) in [4.78, 5) is 29.3. The summed E-state index contributed by atoms with van der Waals surface area (Å²) in [5.41, 5.74) is 0.789. The molecule has 3 aromatic rings. The van der Waals surface area contributed by atoms with Crippen LogP contribution in [0.3, 0.4) is 0 Å². The van der Waals surface area contributed by atoms with Gasteiger partial charge in [-0.15, -0.1) is 10.2 Å². The van der Waals surface area contributed by atoms with Gasteiger partial charge in [-0.3, -0.25) is 9.59 Å². The molecule has 8 nitrogen and oxygen atoms in total. The number of likely N-dealkylation sites (tertiary alicyclic amines) is 1. The van der Waals surface area contributed by atoms with Crippen molar-refractivity contribution in [2.75, 3.05) is 38.3 Å². The summed E-state index contributed by atoms with van der Waals surface area (Å²) in [7, 11) is 3.72. The molecular weight excluding hydrogens is 523 g/mol. The minimum Gasteiger partial charge on any atom is -0.379 e. The highest BCUT2D eigenvalue weighted by atomic mass is 19.4. The molecule has 208 valence electrons. The number of Topliss-reactive ketones (excluding diaryl/α,β-unsaturated/α-hetero) is 1. The predicted molar refractivity (Wildman–Crippen MR) is 141 cm³/mol. The Morgan fingerprint density at radius 3 is 2.58 bits per heavy atom. The Kier molecular flexibility index (Phi) is 6.38. The van der Waals surface area contributed by atoms with E-state index >= 15 is 0 Å². The first-order valence-corrected chi connectivity index (χ1v) is 13.0. The second-order valence-corrected chi connectivity index (χ2v) is 10.9. The lowest BCUT2D eigenvalue weighted by Crippen LogP contribution is -2.49. The number of likely N-dealkylation sites (N-methyl/N-ethyl adjacent to an activating group) is 1. The third-order valence-corrected chi connectivity index (χ3v) is 8.06. The van der Waals surface area contributed by atoms with Crippen molar-refractivity contribution in [2.24, 2.45) is 7.05 Å². The van der Waals surface area contributed by atoms with E-state index in [9.17, 15) is 22.8 Å². The normalized spacial score (nSPS) is 20.2. The average Bonchev–Trinajstić information content (AvgIpc) is 3.45. The highest BCUT2D eigenvalue weighted by Gasteiger charge is 2.43. The van der Waals surface area contributed by atoms with Crippen molar-refractivity contribution < 1.29 is 27.5 Å². The van der Waals surface area contributed by atoms with Gasteiger partial charge in [0.25, 0.3) is 5.91 Å². The number of alkyl halides is 3. The molecule has 3 aliphatic rings. The van der Waals surface area contributed by atoms with Crippen molar-refractivity contribution in [3.8, 4) is 0 Å². The van der Waals surface area contributed by atoms with Gasteiger partial charge >= 0.3 is 6.18 Å². The Bertz CT molecular complexity index is 1540. The van der Waals surface area contributed by atoms with Gasteiger partial charge in [-0.2, -0.15) is 13.2 Å². The fourth-order valence-electron chi connectivity index (χ4n) is 5.71. The van der Waals surface area contributed by atoms with Gasteiger partial charge in [-0.1, -0.05) is 12.1 Å². The van der Waals surface area contributed by atoms with Gasteiger partial charge in [0.1, 0.15) is 12.2 Å². The van der Waals surface area contributed by atoms with E-state index in [1.807, 2.05) is 41.8 Å². The molecule has 0 aliphatic carbocycles. The molecule has 0 spiro atoms. The first-order chi connectivity index (χ1) is 19.0. The van der Waals surface area contributed by atoms with E-state index < -0.39 is 17.6 Å². The average molecular weight is 552 g/mol. The maximum atomic E-state index is 14.2. The molecule has 3 aliphatic heterocycles. The molecule has 0 unspecified atom stereocenters. The Morgan fingerprint density at radius 1 is 1.10 bits per heavy atom. The lowest BCUT2D eigenvalue weighted by Gasteiger charge is -2.42. The molecule has 2 saturated heterocycles. The smallest absolute Gasteiger partial charge is 0.379 e. The van der Waals surface area contributed by atoms with E-state index in [2.05, 4.69) is 10.2 Å². The van der Waals surface area contributed by atoms with Crippen molar-refractivity contribution in [3.05, 3.63) is 81.9 Å². The number of halogens is 3. The summed E-state index contributed by atoms with van der Waals surface area (Å²) in [6, 6.07) is 9.86. The van der Waals surface area contributed by atoms with Crippen molar-refractivity contribution >= 4 is 23.5 Å². The quantitative estimate of drug-likeness (QED) is 0.449. The highest BCUT2D eigenvalue weighted by molar-refractivity contribution is 6.11. The zero-order valence-corrected chi connectivity index (χ0v) is 22.2. The number of nitrogens with zero attached hydrogens (tertiary/aromatic N) is 5. The van der Waals surface area contributed by atoms with E-state index in [0.29, 0.717) is 50.4 Å². The number of hydrogen-bond donors (Lipinski definition) is 0. The standard InChI is InChI=1S/C29H28F3N5O3/c1-35-7-6-25(38)19(13-35)8-18-9-22-23(24(10-18)29(30,31)32)14-37(27(22)39)21-5-3-4-20(11-21)28(15-40-16-28)12-26-34-33-17-36(26)2/h3-5,8-11,17H,6-7,12-16H2,1-2H3/b19-8+. The molecule has 40 heavy (non-hydrogen) atoms. The molecule has 1 aromatic heterocycles. The summed E-state index contributed by atoms with van der Waals surface area (Å²) in [6.45, 7) is 1.68. The maximum Gasteiger partial charge on any atom is 0.416 e. The van der Waals surface area contributed by atoms with E-state index in [-0.39, 0.29) is 34.4 Å². The van der Waals surface area contributed by atoms with Gasteiger partial charge in [0, 0.05) is 55.2 Å². The number of piperidine rings is 1. The Morgan fingerprint density at radius 2 is 1.90 bits per heavy atom. The SMILES string of the molecule is CN1CCC(=O)/C(=C/c2cc3c(c(C(F)(F)F)c2)CN(c2cccc(C4(Cc5nncn5C)COC4)c2)C3=O)C1. The zero-order chi connectivity index (χ0) is 28.2. The first kappa shape index (κ1) is 26.4. The Hall–Kier alpha value is -3.83. The second-order valence-electron chi connectivity index (χ2n) is 10.9. The van der Waals surface area contributed by atoms with Crippen LogP contribution in [0.5, 0.6) is 0 Å². The van der Waals surface area contributed by atoms with E-state index in [1.165, 1.54) is 17.0 Å². The molecule has 0 bridgehead atoms. The van der Waals surface area contributed by atoms with E-state index in [0.717, 1.165) is 17.5 Å². The number of aromatic nitrogens is 3. The summed E-state index contributed by atoms with van der Waals surface area (Å²) in [5.74, 6) is 0.196. The van der Waals surface area contributed by atoms with Crippen molar-refractivity contribution in [2.45, 2.75) is 31.0 Å². The molecule has 0 radical (unpaired) electrons. The van der Waals surface area contributed by atoms with Crippen LogP contribution in [0.4, 0.5) is 18.9 Å². The number of ether oxygens (including phenoxy) is 1. The van der Waals surface area contributed by atoms with Gasteiger partial charge in [0.05, 0.1) is 25.3 Å². The number of amides is 1. The summed E-state index contributed by atoms with van der Waals surface area (Å²) in [6.07, 6.45) is -0.661. The number of hydrogen-bond acceptors (Lipinski definition) is 6. The van der Waals surface area contributed by atoms with Crippen LogP contribution in [0, 0.1) is 0 Å². The Labute approximate surface area is 229 Å². The minimum atomic E-state index is -4.66. The van der Waals surface area contributed by atoms with Gasteiger partial charge in [0.2, 0.25) is 0 Å². The van der Waals surface area contributed by atoms with Crippen molar-refractivity contribution in [1.82, 2.24) is 19.7 Å². The third kappa shape index (κ3) is 4.62. The first-order valence-electron chi connectivity index (χ1n) is 13.0. The fraction of sp³-hybridized carbons (Fsp3) is 0.379. The van der Waals surface area contributed by atoms with Crippen LogP contribution in [0.15, 0.2) is 48.3 Å². The fourth-order valence-corrected chi connectivity index (χ4v) is 5.71. The van der Waals surface area contributed by atoms with Crippen molar-refractivity contribution in [3.63, 3.8) is 0 Å². The van der Waals surface area contributed by atoms with Crippen LogP contribution in [0.2, 0.25) is 0 Å². The number of rotatable bonds is 5. The number of benzene rings is 2. The molecule has 2 aromatic carbocycles. The molecule has 2 fully saturated rings. The molecule has 0 N–H and O–H groups in total. The largest absolute Gasteiger partial charge is 0.416 e. The second kappa shape index (κ2) is 9.67. The number of anilines is 1. The topological polar surface area (TPSA) is 80.6 Å². The molecule has 4 heterocycles. The summed E-state index contributed by atoms with van der Waals surface area (Å²) >= 11 is 0. The minimum absolute atomic E-state index is 0.00414. The number of fused-ring (bicyclic) bond motifs is 1. The van der Waals surface area contributed by atoms with Gasteiger partial charge in [-0.25, -0.2) is 0 Å². The van der Waals surface area contributed by atoms with Crippen LogP contribution in [-0.2, 0) is 41.1 Å². The number of carbonyl (C=O) groups excluding carboxylic acids is 2. The van der Waals surface area contributed by atoms with Crippen LogP contribution in [-0.4, -0.2) is 64.7 Å². The highest BCUT2D eigenvalue weighted by Crippen LogP contribution is 2.42. The number of carbonyl (C=O) groups is 2. The van der Waals surface area contributed by atoms with Crippen LogP contribution < -0.4 is 4.90 Å². The maximum absolute atomic E-state index is 14.2. The monoisotopic (exact) mass is 551 g/mol. The van der Waals surface area contributed by atoms with E-state index in [4.69, 9.17) is 4.74 Å². The molecule has 0 atom stereocenters. The summed E-state index contributed by atoms with van der Waals surface area (Å²) in [5, 5.41) is 8.15. The number of ketones is 1. The van der Waals surface area contributed by atoms with Crippen LogP contribution >= 0.6 is 0 Å². The molecular formula is C29H28F3N5O3. The lowest BCUT2D eigenvalue weighted by molar-refractivity contribution is -0.138. The van der Waals surface area contributed by atoms with E-state index in [1.54, 1.807) is 12.4 Å². The Balaban J connectivity index is 1.35. The van der Waals surface area contributed by atoms with Crippen molar-refractivity contribution in [1.29, 1.82) is 0 Å². The van der Waals surface area contributed by atoms with Crippen LogP contribution in [0.1, 0.15) is 44.9 Å². The predicted octanol–water partition coefficient (Wildman–Crippen LogP) is 3.79. The number of aryl methyl sites for hydroxylation is 1. The van der Waals surface area contributed by atoms with Gasteiger partial charge in [0.15, 0.2) is 5.78 Å². The van der Waals surface area contributed by atoms with Crippen LogP contribution in [0.25, 0.3) is 6.08 Å². The van der Waals surface area contributed by atoms with Gasteiger partial charge in [-0.05, 0) is 54.1 Å². The third-order valence-electron chi connectivity index (χ3n) is 8.06. The molecule has 11 heteroatoms.